The van der Waals surface area contributed by atoms with Crippen LogP contribution in [0.15, 0.2) is 0 Å². The first-order chi connectivity index (χ1) is 4.93. The maximum Gasteiger partial charge on any atom is 0.0136 e. The molecule has 0 aliphatic carbocycles. The highest BCUT2D eigenvalue weighted by atomic mass is 15.3. The van der Waals surface area contributed by atoms with Crippen LogP contribution < -0.4 is 0 Å². The molecule has 0 aromatic rings. The number of rotatable bonds is 1. The van der Waals surface area contributed by atoms with Crippen molar-refractivity contribution in [3.63, 3.8) is 0 Å². The summed E-state index contributed by atoms with van der Waals surface area (Å²) in [6, 6.07) is 0.843. The van der Waals surface area contributed by atoms with Gasteiger partial charge in [-0.25, -0.2) is 0 Å². The zero-order valence-electron chi connectivity index (χ0n) is 8.52. The molecule has 11 heavy (non-hydrogen) atoms. The molecule has 0 saturated carbocycles. The lowest BCUT2D eigenvalue weighted by atomic mass is 9.86. The minimum Gasteiger partial charge on any atom is -0.295 e. The molecule has 0 aromatic carbocycles. The summed E-state index contributed by atoms with van der Waals surface area (Å²) in [5.74, 6) is 0.822. The van der Waals surface area contributed by atoms with Crippen molar-refractivity contribution in [3.05, 3.63) is 0 Å². The number of hydrogen-bond acceptors (Lipinski definition) is 1. The lowest BCUT2D eigenvalue weighted by molar-refractivity contribution is -0.0218. The van der Waals surface area contributed by atoms with Gasteiger partial charge >= 0.3 is 0 Å². The van der Waals surface area contributed by atoms with E-state index in [0.717, 1.165) is 12.0 Å². The third kappa shape index (κ3) is 1.76. The maximum atomic E-state index is 2.61. The van der Waals surface area contributed by atoms with Crippen LogP contribution in [0.3, 0.4) is 0 Å². The number of likely N-dealkylation sites (tertiary alicyclic amines) is 1. The average Bonchev–Trinajstić information content (AvgIpc) is 1.51. The maximum absolute atomic E-state index is 2.61. The molecule has 1 aliphatic rings. The summed E-state index contributed by atoms with van der Waals surface area (Å²) in [5, 5.41) is 0. The van der Waals surface area contributed by atoms with E-state index in [2.05, 4.69) is 39.5 Å². The normalized spacial score (nSPS) is 27.3. The summed E-state index contributed by atoms with van der Waals surface area (Å²) in [6.07, 6.45) is 1.40. The van der Waals surface area contributed by atoms with Crippen molar-refractivity contribution in [1.82, 2.24) is 4.90 Å². The molecule has 1 aliphatic heterocycles. The second kappa shape index (κ2) is 2.78. The Hall–Kier alpha value is -0.0400. The van der Waals surface area contributed by atoms with E-state index in [4.69, 9.17) is 0 Å². The van der Waals surface area contributed by atoms with Gasteiger partial charge in [0.2, 0.25) is 0 Å². The molecule has 0 bridgehead atoms. The summed E-state index contributed by atoms with van der Waals surface area (Å²) in [6.45, 7) is 12.9. The summed E-state index contributed by atoms with van der Waals surface area (Å²) < 4.78 is 0. The van der Waals surface area contributed by atoms with Gasteiger partial charge in [0, 0.05) is 18.1 Å². The van der Waals surface area contributed by atoms with Gasteiger partial charge in [0.15, 0.2) is 0 Å². The molecule has 0 amide bonds. The molecule has 1 atom stereocenters. The molecule has 1 heteroatoms. The largest absolute Gasteiger partial charge is 0.295 e. The topological polar surface area (TPSA) is 3.24 Å². The van der Waals surface area contributed by atoms with Crippen molar-refractivity contribution < 1.29 is 0 Å². The monoisotopic (exact) mass is 155 g/mol. The van der Waals surface area contributed by atoms with E-state index < -0.39 is 0 Å². The van der Waals surface area contributed by atoms with Crippen molar-refractivity contribution in [2.24, 2.45) is 5.92 Å². The molecular formula is C10H21N. The summed E-state index contributed by atoms with van der Waals surface area (Å²) in [7, 11) is 0. The Morgan fingerprint density at radius 2 is 1.82 bits per heavy atom. The third-order valence-corrected chi connectivity index (χ3v) is 2.70. The van der Waals surface area contributed by atoms with Crippen molar-refractivity contribution in [3.8, 4) is 0 Å². The third-order valence-electron chi connectivity index (χ3n) is 2.70. The van der Waals surface area contributed by atoms with Crippen LogP contribution >= 0.6 is 0 Å². The van der Waals surface area contributed by atoms with Crippen LogP contribution in [0.5, 0.6) is 0 Å². The fraction of sp³-hybridized carbons (Fsp3) is 1.00. The molecule has 66 valence electrons. The SMILES string of the molecule is CC(C)C1CCN1C(C)(C)C. The van der Waals surface area contributed by atoms with E-state index in [9.17, 15) is 0 Å². The molecule has 0 radical (unpaired) electrons. The standard InChI is InChI=1S/C10H21N/c1-8(2)9-6-7-11(9)10(3,4)5/h8-9H,6-7H2,1-5H3. The predicted octanol–water partition coefficient (Wildman–Crippen LogP) is 2.52. The fourth-order valence-corrected chi connectivity index (χ4v) is 1.93. The molecule has 1 nitrogen and oxygen atoms in total. The Morgan fingerprint density at radius 3 is 1.91 bits per heavy atom. The van der Waals surface area contributed by atoms with E-state index in [1.54, 1.807) is 0 Å². The summed E-state index contributed by atoms with van der Waals surface area (Å²) in [4.78, 5) is 2.61. The number of nitrogens with zero attached hydrogens (tertiary/aromatic N) is 1. The van der Waals surface area contributed by atoms with E-state index in [1.165, 1.54) is 13.0 Å². The summed E-state index contributed by atoms with van der Waals surface area (Å²) in [5.41, 5.74) is 0.382. The highest BCUT2D eigenvalue weighted by molar-refractivity contribution is 4.92. The van der Waals surface area contributed by atoms with Crippen LogP contribution in [0.2, 0.25) is 0 Å². The van der Waals surface area contributed by atoms with Gasteiger partial charge in [-0.15, -0.1) is 0 Å². The number of hydrogen-bond donors (Lipinski definition) is 0. The minimum absolute atomic E-state index is 0.382. The van der Waals surface area contributed by atoms with Crippen molar-refractivity contribution in [2.45, 2.75) is 52.6 Å². The smallest absolute Gasteiger partial charge is 0.0136 e. The highest BCUT2D eigenvalue weighted by Gasteiger charge is 2.37. The van der Waals surface area contributed by atoms with Gasteiger partial charge in [-0.3, -0.25) is 4.90 Å². The Balaban J connectivity index is 2.50. The molecule has 0 aromatic heterocycles. The quantitative estimate of drug-likeness (QED) is 0.562. The predicted molar refractivity (Wildman–Crippen MR) is 49.7 cm³/mol. The second-order valence-corrected chi connectivity index (χ2v) is 4.96. The first-order valence-corrected chi connectivity index (χ1v) is 4.69. The molecular weight excluding hydrogens is 134 g/mol. The van der Waals surface area contributed by atoms with Crippen LogP contribution in [-0.4, -0.2) is 23.0 Å². The lowest BCUT2D eigenvalue weighted by Crippen LogP contribution is -2.58. The van der Waals surface area contributed by atoms with Crippen LogP contribution in [0.4, 0.5) is 0 Å². The minimum atomic E-state index is 0.382. The van der Waals surface area contributed by atoms with Gasteiger partial charge < -0.3 is 0 Å². The highest BCUT2D eigenvalue weighted by Crippen LogP contribution is 2.31. The molecule has 0 spiro atoms. The van der Waals surface area contributed by atoms with E-state index >= 15 is 0 Å². The van der Waals surface area contributed by atoms with Crippen LogP contribution in [0, 0.1) is 5.92 Å². The van der Waals surface area contributed by atoms with Gasteiger partial charge in [-0.2, -0.15) is 0 Å². The van der Waals surface area contributed by atoms with Gasteiger partial charge in [0.25, 0.3) is 0 Å². The average molecular weight is 155 g/mol. The van der Waals surface area contributed by atoms with Gasteiger partial charge in [-0.1, -0.05) is 13.8 Å². The Kier molecular flexibility index (Phi) is 2.29. The Bertz CT molecular complexity index is 132. The van der Waals surface area contributed by atoms with Gasteiger partial charge in [0.05, 0.1) is 0 Å². The van der Waals surface area contributed by atoms with Crippen molar-refractivity contribution >= 4 is 0 Å². The second-order valence-electron chi connectivity index (χ2n) is 4.96. The van der Waals surface area contributed by atoms with E-state index in [1.807, 2.05) is 0 Å². The molecule has 1 saturated heterocycles. The fourth-order valence-electron chi connectivity index (χ4n) is 1.93. The molecule has 1 fully saturated rings. The van der Waals surface area contributed by atoms with Crippen LogP contribution in [-0.2, 0) is 0 Å². The molecule has 1 heterocycles. The van der Waals surface area contributed by atoms with E-state index in [0.29, 0.717) is 5.54 Å². The first kappa shape index (κ1) is 9.05. The van der Waals surface area contributed by atoms with Crippen LogP contribution in [0.25, 0.3) is 0 Å². The Morgan fingerprint density at radius 1 is 1.27 bits per heavy atom. The molecule has 0 N–H and O–H groups in total. The van der Waals surface area contributed by atoms with Crippen molar-refractivity contribution in [1.29, 1.82) is 0 Å². The first-order valence-electron chi connectivity index (χ1n) is 4.69. The van der Waals surface area contributed by atoms with Gasteiger partial charge in [0.1, 0.15) is 0 Å². The molecule has 1 unspecified atom stereocenters. The molecule has 1 rings (SSSR count). The van der Waals surface area contributed by atoms with Gasteiger partial charge in [-0.05, 0) is 33.1 Å². The Labute approximate surface area is 70.8 Å². The van der Waals surface area contributed by atoms with Crippen LogP contribution in [0.1, 0.15) is 41.0 Å². The zero-order chi connectivity index (χ0) is 8.65. The summed E-state index contributed by atoms with van der Waals surface area (Å²) >= 11 is 0. The lowest BCUT2D eigenvalue weighted by Gasteiger charge is -2.51. The zero-order valence-corrected chi connectivity index (χ0v) is 8.52. The van der Waals surface area contributed by atoms with E-state index in [-0.39, 0.29) is 0 Å². The van der Waals surface area contributed by atoms with Crippen molar-refractivity contribution in [2.75, 3.05) is 6.54 Å².